The van der Waals surface area contributed by atoms with Crippen LogP contribution in [0.1, 0.15) is 15.9 Å². The van der Waals surface area contributed by atoms with Crippen LogP contribution in [0, 0.1) is 0 Å². The summed E-state index contributed by atoms with van der Waals surface area (Å²) in [5.74, 6) is 0.197. The zero-order valence-electron chi connectivity index (χ0n) is 7.78. The third-order valence-electron chi connectivity index (χ3n) is 2.18. The van der Waals surface area contributed by atoms with Gasteiger partial charge in [0, 0.05) is 6.42 Å². The van der Waals surface area contributed by atoms with Gasteiger partial charge in [-0.15, -0.1) is 0 Å². The van der Waals surface area contributed by atoms with Gasteiger partial charge in [-0.05, 0) is 17.7 Å². The number of amidine groups is 1. The first-order valence-corrected chi connectivity index (χ1v) is 4.25. The van der Waals surface area contributed by atoms with E-state index < -0.39 is 0 Å². The van der Waals surface area contributed by atoms with Crippen molar-refractivity contribution in [2.75, 3.05) is 7.11 Å². The SMILES string of the molecule is COC(=O)c1cccc2c1CC(N)=N2. The van der Waals surface area contributed by atoms with Crippen LogP contribution in [0.4, 0.5) is 5.69 Å². The molecule has 0 unspecified atom stereocenters. The molecule has 0 amide bonds. The number of benzene rings is 1. The predicted molar refractivity (Wildman–Crippen MR) is 52.8 cm³/mol. The van der Waals surface area contributed by atoms with Crippen LogP contribution in [0.25, 0.3) is 0 Å². The molecule has 72 valence electrons. The van der Waals surface area contributed by atoms with Gasteiger partial charge in [0.15, 0.2) is 0 Å². The Labute approximate surface area is 81.4 Å². The summed E-state index contributed by atoms with van der Waals surface area (Å²) in [5.41, 5.74) is 7.77. The zero-order valence-corrected chi connectivity index (χ0v) is 7.78. The minimum atomic E-state index is -0.341. The average Bonchev–Trinajstić information content (AvgIpc) is 2.56. The van der Waals surface area contributed by atoms with E-state index in [2.05, 4.69) is 9.73 Å². The van der Waals surface area contributed by atoms with Gasteiger partial charge in [-0.3, -0.25) is 0 Å². The number of hydrogen-bond acceptors (Lipinski definition) is 4. The second-order valence-corrected chi connectivity index (χ2v) is 3.07. The summed E-state index contributed by atoms with van der Waals surface area (Å²) in [6.07, 6.45) is 0.528. The van der Waals surface area contributed by atoms with Crippen molar-refractivity contribution in [1.29, 1.82) is 0 Å². The second-order valence-electron chi connectivity index (χ2n) is 3.07. The van der Waals surface area contributed by atoms with Crippen LogP contribution in [0.2, 0.25) is 0 Å². The van der Waals surface area contributed by atoms with E-state index in [1.165, 1.54) is 7.11 Å². The van der Waals surface area contributed by atoms with Crippen molar-refractivity contribution in [2.45, 2.75) is 6.42 Å². The number of carbonyl (C=O) groups excluding carboxylic acids is 1. The fourth-order valence-corrected chi connectivity index (χ4v) is 1.54. The quantitative estimate of drug-likeness (QED) is 0.672. The molecule has 0 spiro atoms. The first kappa shape index (κ1) is 8.74. The number of nitrogens with two attached hydrogens (primary N) is 1. The van der Waals surface area contributed by atoms with Crippen LogP contribution in [0.15, 0.2) is 23.2 Å². The summed E-state index contributed by atoms with van der Waals surface area (Å²) in [5, 5.41) is 0. The van der Waals surface area contributed by atoms with Crippen LogP contribution < -0.4 is 5.73 Å². The number of carbonyl (C=O) groups is 1. The van der Waals surface area contributed by atoms with Crippen molar-refractivity contribution >= 4 is 17.5 Å². The molecule has 2 N–H and O–H groups in total. The van der Waals surface area contributed by atoms with Gasteiger partial charge in [-0.25, -0.2) is 9.79 Å². The van der Waals surface area contributed by atoms with Gasteiger partial charge in [0.05, 0.1) is 18.4 Å². The molecule has 0 saturated heterocycles. The van der Waals surface area contributed by atoms with Crippen molar-refractivity contribution in [3.8, 4) is 0 Å². The highest BCUT2D eigenvalue weighted by molar-refractivity contribution is 5.99. The van der Waals surface area contributed by atoms with Gasteiger partial charge in [-0.1, -0.05) is 6.07 Å². The van der Waals surface area contributed by atoms with Crippen molar-refractivity contribution in [2.24, 2.45) is 10.7 Å². The normalized spacial score (nSPS) is 13.4. The van der Waals surface area contributed by atoms with Gasteiger partial charge >= 0.3 is 5.97 Å². The van der Waals surface area contributed by atoms with E-state index in [9.17, 15) is 4.79 Å². The maximum atomic E-state index is 11.4. The predicted octanol–water partition coefficient (Wildman–Crippen LogP) is 1.02. The number of esters is 1. The highest BCUT2D eigenvalue weighted by Gasteiger charge is 2.19. The molecule has 4 nitrogen and oxygen atoms in total. The Balaban J connectivity index is 2.49. The van der Waals surface area contributed by atoms with Crippen molar-refractivity contribution in [3.05, 3.63) is 29.3 Å². The number of methoxy groups -OCH3 is 1. The lowest BCUT2D eigenvalue weighted by Crippen LogP contribution is -2.12. The molecule has 2 rings (SSSR count). The monoisotopic (exact) mass is 190 g/mol. The van der Waals surface area contributed by atoms with Crippen LogP contribution in [-0.4, -0.2) is 18.9 Å². The molecule has 4 heteroatoms. The first-order valence-electron chi connectivity index (χ1n) is 4.25. The molecule has 0 aromatic heterocycles. The van der Waals surface area contributed by atoms with Gasteiger partial charge in [0.1, 0.15) is 5.84 Å². The minimum absolute atomic E-state index is 0.341. The maximum Gasteiger partial charge on any atom is 0.338 e. The van der Waals surface area contributed by atoms with Crippen molar-refractivity contribution in [3.63, 3.8) is 0 Å². The van der Waals surface area contributed by atoms with E-state index in [4.69, 9.17) is 5.73 Å². The van der Waals surface area contributed by atoms with Crippen molar-refractivity contribution < 1.29 is 9.53 Å². The van der Waals surface area contributed by atoms with Gasteiger partial charge in [0.25, 0.3) is 0 Å². The molecule has 1 aromatic rings. The Morgan fingerprint density at radius 2 is 2.36 bits per heavy atom. The van der Waals surface area contributed by atoms with Gasteiger partial charge in [0.2, 0.25) is 0 Å². The van der Waals surface area contributed by atoms with E-state index in [1.807, 2.05) is 6.07 Å². The number of ether oxygens (including phenoxy) is 1. The Kier molecular flexibility index (Phi) is 1.96. The van der Waals surface area contributed by atoms with E-state index in [0.717, 1.165) is 11.3 Å². The molecule has 0 aliphatic carbocycles. The smallest absolute Gasteiger partial charge is 0.338 e. The summed E-state index contributed by atoms with van der Waals surface area (Å²) in [4.78, 5) is 15.5. The van der Waals surface area contributed by atoms with Crippen molar-refractivity contribution in [1.82, 2.24) is 0 Å². The molecule has 0 bridgehead atoms. The minimum Gasteiger partial charge on any atom is -0.465 e. The third kappa shape index (κ3) is 1.25. The fraction of sp³-hybridized carbons (Fsp3) is 0.200. The molecule has 0 atom stereocenters. The summed E-state index contributed by atoms with van der Waals surface area (Å²) in [6.45, 7) is 0. The van der Waals surface area contributed by atoms with E-state index in [0.29, 0.717) is 17.8 Å². The summed E-state index contributed by atoms with van der Waals surface area (Å²) >= 11 is 0. The Morgan fingerprint density at radius 3 is 3.07 bits per heavy atom. The van der Waals surface area contributed by atoms with Crippen LogP contribution in [0.5, 0.6) is 0 Å². The average molecular weight is 190 g/mol. The molecular formula is C10H10N2O2. The molecular weight excluding hydrogens is 180 g/mol. The van der Waals surface area contributed by atoms with E-state index in [-0.39, 0.29) is 5.97 Å². The lowest BCUT2D eigenvalue weighted by atomic mass is 10.0. The highest BCUT2D eigenvalue weighted by atomic mass is 16.5. The molecule has 0 fully saturated rings. The number of aliphatic imine (C=N–C) groups is 1. The number of hydrogen-bond donors (Lipinski definition) is 1. The van der Waals surface area contributed by atoms with Crippen LogP contribution >= 0.6 is 0 Å². The Hall–Kier alpha value is -1.84. The Bertz CT molecular complexity index is 424. The number of nitrogens with zero attached hydrogens (tertiary/aromatic N) is 1. The lowest BCUT2D eigenvalue weighted by Gasteiger charge is -2.04. The Morgan fingerprint density at radius 1 is 1.57 bits per heavy atom. The molecule has 1 aliphatic rings. The molecule has 1 heterocycles. The van der Waals surface area contributed by atoms with Crippen LogP contribution in [0.3, 0.4) is 0 Å². The van der Waals surface area contributed by atoms with E-state index >= 15 is 0 Å². The topological polar surface area (TPSA) is 64.7 Å². The second kappa shape index (κ2) is 3.14. The third-order valence-corrected chi connectivity index (χ3v) is 2.18. The fourth-order valence-electron chi connectivity index (χ4n) is 1.54. The van der Waals surface area contributed by atoms with E-state index in [1.54, 1.807) is 12.1 Å². The molecule has 1 aromatic carbocycles. The molecule has 1 aliphatic heterocycles. The maximum absolute atomic E-state index is 11.4. The first-order chi connectivity index (χ1) is 6.72. The lowest BCUT2D eigenvalue weighted by molar-refractivity contribution is 0.0600. The summed E-state index contributed by atoms with van der Waals surface area (Å²) in [6, 6.07) is 5.33. The number of rotatable bonds is 1. The van der Waals surface area contributed by atoms with Gasteiger partial charge < -0.3 is 10.5 Å². The standard InChI is InChI=1S/C10H10N2O2/c1-14-10(13)6-3-2-4-8-7(6)5-9(11)12-8/h2-4H,5H2,1H3,(H2,11,12). The highest BCUT2D eigenvalue weighted by Crippen LogP contribution is 2.28. The molecule has 0 saturated carbocycles. The summed E-state index contributed by atoms with van der Waals surface area (Å²) < 4.78 is 4.67. The van der Waals surface area contributed by atoms with Crippen LogP contribution in [-0.2, 0) is 11.2 Å². The molecule has 14 heavy (non-hydrogen) atoms. The zero-order chi connectivity index (χ0) is 10.1. The summed E-state index contributed by atoms with van der Waals surface area (Å²) in [7, 11) is 1.36. The molecule has 0 radical (unpaired) electrons. The largest absolute Gasteiger partial charge is 0.465 e. The van der Waals surface area contributed by atoms with Gasteiger partial charge in [-0.2, -0.15) is 0 Å². The number of fused-ring (bicyclic) bond motifs is 1.